The summed E-state index contributed by atoms with van der Waals surface area (Å²) in [5.74, 6) is -1.36. The van der Waals surface area contributed by atoms with Crippen LogP contribution in [0.2, 0.25) is 0 Å². The van der Waals surface area contributed by atoms with Gasteiger partial charge in [-0.05, 0) is 38.1 Å². The Morgan fingerprint density at radius 3 is 2.36 bits per heavy atom. The zero-order chi connectivity index (χ0) is 20.7. The number of rotatable bonds is 8. The molecule has 0 radical (unpaired) electrons. The molecule has 0 unspecified atom stereocenters. The molecule has 1 atom stereocenters. The molecule has 0 saturated heterocycles. The van der Waals surface area contributed by atoms with Crippen LogP contribution in [0.5, 0.6) is 5.75 Å². The molecule has 1 N–H and O–H groups in total. The van der Waals surface area contributed by atoms with Crippen molar-refractivity contribution in [3.8, 4) is 5.75 Å². The van der Waals surface area contributed by atoms with Crippen LogP contribution in [0.25, 0.3) is 0 Å². The molecule has 146 valence electrons. The van der Waals surface area contributed by atoms with Crippen LogP contribution in [-0.4, -0.2) is 35.3 Å². The second-order valence-corrected chi connectivity index (χ2v) is 5.76. The number of non-ortho nitro benzene ring substituents is 1. The smallest absolute Gasteiger partial charge is 0.344 e. The number of amides is 1. The molecule has 0 bridgehead atoms. The zero-order valence-electron chi connectivity index (χ0n) is 15.2. The van der Waals surface area contributed by atoms with Gasteiger partial charge in [0, 0.05) is 17.7 Å². The highest BCUT2D eigenvalue weighted by molar-refractivity contribution is 6.04. The van der Waals surface area contributed by atoms with E-state index in [0.29, 0.717) is 11.3 Å². The van der Waals surface area contributed by atoms with Crippen molar-refractivity contribution in [3.63, 3.8) is 0 Å². The second kappa shape index (κ2) is 9.26. The number of anilines is 1. The summed E-state index contributed by atoms with van der Waals surface area (Å²) in [6, 6.07) is 11.7. The number of ketones is 1. The first-order valence-electron chi connectivity index (χ1n) is 8.25. The first-order chi connectivity index (χ1) is 13.3. The molecule has 0 aromatic heterocycles. The number of hydrogen-bond donors (Lipinski definition) is 1. The fourth-order valence-corrected chi connectivity index (χ4v) is 2.22. The third kappa shape index (κ3) is 5.63. The number of para-hydroxylation sites is 1. The summed E-state index contributed by atoms with van der Waals surface area (Å²) in [6.07, 6.45) is -1.12. The van der Waals surface area contributed by atoms with Gasteiger partial charge in [0.15, 0.2) is 18.5 Å². The quantitative estimate of drug-likeness (QED) is 0.320. The summed E-state index contributed by atoms with van der Waals surface area (Å²) in [6.45, 7) is 2.29. The van der Waals surface area contributed by atoms with E-state index in [1.807, 2.05) is 0 Å². The molecule has 0 spiro atoms. The first kappa shape index (κ1) is 20.6. The number of nitro benzene ring substituents is 1. The SMILES string of the molecule is CC(=O)c1ccccc1NC(=O)[C@@H](C)OC(=O)COc1ccc([N+](=O)[O-])cc1. The van der Waals surface area contributed by atoms with E-state index in [1.54, 1.807) is 24.3 Å². The number of carbonyl (C=O) groups is 3. The van der Waals surface area contributed by atoms with Crippen molar-refractivity contribution < 1.29 is 28.8 Å². The lowest BCUT2D eigenvalue weighted by molar-refractivity contribution is -0.384. The first-order valence-corrected chi connectivity index (χ1v) is 8.25. The molecule has 9 heteroatoms. The maximum atomic E-state index is 12.2. The summed E-state index contributed by atoms with van der Waals surface area (Å²) in [5.41, 5.74) is 0.562. The number of nitro groups is 1. The van der Waals surface area contributed by atoms with E-state index < -0.39 is 29.5 Å². The molecule has 0 heterocycles. The van der Waals surface area contributed by atoms with Crippen molar-refractivity contribution in [2.45, 2.75) is 20.0 Å². The zero-order valence-corrected chi connectivity index (χ0v) is 15.2. The number of Topliss-reactive ketones (excluding diaryl/α,β-unsaturated/α-hetero) is 1. The summed E-state index contributed by atoms with van der Waals surface area (Å²) in [7, 11) is 0. The van der Waals surface area contributed by atoms with E-state index in [4.69, 9.17) is 9.47 Å². The fourth-order valence-electron chi connectivity index (χ4n) is 2.22. The van der Waals surface area contributed by atoms with Gasteiger partial charge in [-0.15, -0.1) is 0 Å². The van der Waals surface area contributed by atoms with Crippen molar-refractivity contribution >= 4 is 29.0 Å². The molecule has 0 fully saturated rings. The number of nitrogens with one attached hydrogen (secondary N) is 1. The van der Waals surface area contributed by atoms with E-state index in [1.165, 1.54) is 38.1 Å². The van der Waals surface area contributed by atoms with Gasteiger partial charge in [-0.3, -0.25) is 19.7 Å². The van der Waals surface area contributed by atoms with Gasteiger partial charge in [0.1, 0.15) is 5.75 Å². The Morgan fingerprint density at radius 2 is 1.75 bits per heavy atom. The Bertz CT molecular complexity index is 893. The molecule has 0 saturated carbocycles. The predicted molar refractivity (Wildman–Crippen MR) is 99.2 cm³/mol. The van der Waals surface area contributed by atoms with Crippen LogP contribution < -0.4 is 10.1 Å². The minimum Gasteiger partial charge on any atom is -0.482 e. The summed E-state index contributed by atoms with van der Waals surface area (Å²) < 4.78 is 10.2. The molecule has 9 nitrogen and oxygen atoms in total. The number of esters is 1. The molecule has 28 heavy (non-hydrogen) atoms. The number of nitrogens with zero attached hydrogens (tertiary/aromatic N) is 1. The van der Waals surface area contributed by atoms with Gasteiger partial charge in [-0.25, -0.2) is 4.79 Å². The van der Waals surface area contributed by atoms with E-state index in [-0.39, 0.29) is 17.2 Å². The van der Waals surface area contributed by atoms with E-state index in [0.717, 1.165) is 0 Å². The minimum atomic E-state index is -1.12. The molecule has 0 aliphatic carbocycles. The average Bonchev–Trinajstić information content (AvgIpc) is 2.66. The van der Waals surface area contributed by atoms with Gasteiger partial charge in [0.2, 0.25) is 0 Å². The predicted octanol–water partition coefficient (Wildman–Crippen LogP) is 2.75. The highest BCUT2D eigenvalue weighted by atomic mass is 16.6. The fraction of sp³-hybridized carbons (Fsp3) is 0.211. The van der Waals surface area contributed by atoms with Gasteiger partial charge in [-0.2, -0.15) is 0 Å². The van der Waals surface area contributed by atoms with E-state index in [9.17, 15) is 24.5 Å². The lowest BCUT2D eigenvalue weighted by Gasteiger charge is -2.15. The number of ether oxygens (including phenoxy) is 2. The average molecular weight is 386 g/mol. The summed E-state index contributed by atoms with van der Waals surface area (Å²) >= 11 is 0. The standard InChI is InChI=1S/C19H18N2O7/c1-12(22)16-5-3-4-6-17(16)20-19(24)13(2)28-18(23)11-27-15-9-7-14(8-10-15)21(25)26/h3-10,13H,11H2,1-2H3,(H,20,24)/t13-/m1/s1. The maximum Gasteiger partial charge on any atom is 0.344 e. The Morgan fingerprint density at radius 1 is 1.11 bits per heavy atom. The van der Waals surface area contributed by atoms with Gasteiger partial charge in [0.25, 0.3) is 11.6 Å². The molecule has 2 rings (SSSR count). The van der Waals surface area contributed by atoms with Crippen LogP contribution in [0, 0.1) is 10.1 Å². The Labute approximate surface area is 160 Å². The van der Waals surface area contributed by atoms with Crippen molar-refractivity contribution in [2.75, 3.05) is 11.9 Å². The number of hydrogen-bond acceptors (Lipinski definition) is 7. The van der Waals surface area contributed by atoms with Crippen molar-refractivity contribution in [2.24, 2.45) is 0 Å². The topological polar surface area (TPSA) is 125 Å². The largest absolute Gasteiger partial charge is 0.482 e. The van der Waals surface area contributed by atoms with Crippen LogP contribution in [-0.2, 0) is 14.3 Å². The third-order valence-electron chi connectivity index (χ3n) is 3.65. The lowest BCUT2D eigenvalue weighted by atomic mass is 10.1. The number of benzene rings is 2. The molecule has 0 aliphatic rings. The van der Waals surface area contributed by atoms with Crippen molar-refractivity contribution in [1.29, 1.82) is 0 Å². The van der Waals surface area contributed by atoms with E-state index in [2.05, 4.69) is 5.32 Å². The molecule has 2 aromatic carbocycles. The third-order valence-corrected chi connectivity index (χ3v) is 3.65. The van der Waals surface area contributed by atoms with Crippen molar-refractivity contribution in [3.05, 3.63) is 64.2 Å². The normalized spacial score (nSPS) is 11.2. The van der Waals surface area contributed by atoms with Crippen LogP contribution in [0.4, 0.5) is 11.4 Å². The van der Waals surface area contributed by atoms with Crippen LogP contribution >= 0.6 is 0 Å². The molecule has 2 aromatic rings. The Hall–Kier alpha value is -3.75. The van der Waals surface area contributed by atoms with Gasteiger partial charge in [0.05, 0.1) is 10.6 Å². The summed E-state index contributed by atoms with van der Waals surface area (Å²) in [5, 5.41) is 13.1. The van der Waals surface area contributed by atoms with Gasteiger partial charge >= 0.3 is 5.97 Å². The molecule has 1 amide bonds. The van der Waals surface area contributed by atoms with Crippen molar-refractivity contribution in [1.82, 2.24) is 0 Å². The molecule has 0 aliphatic heterocycles. The Kier molecular flexibility index (Phi) is 6.80. The highest BCUT2D eigenvalue weighted by Crippen LogP contribution is 2.18. The second-order valence-electron chi connectivity index (χ2n) is 5.76. The maximum absolute atomic E-state index is 12.2. The lowest BCUT2D eigenvalue weighted by Crippen LogP contribution is -2.32. The monoisotopic (exact) mass is 386 g/mol. The molecular weight excluding hydrogens is 368 g/mol. The summed E-state index contributed by atoms with van der Waals surface area (Å²) in [4.78, 5) is 45.7. The van der Waals surface area contributed by atoms with Gasteiger partial charge in [-0.1, -0.05) is 12.1 Å². The number of carbonyl (C=O) groups excluding carboxylic acids is 3. The molecular formula is C19H18N2O7. The highest BCUT2D eigenvalue weighted by Gasteiger charge is 2.20. The van der Waals surface area contributed by atoms with Crippen LogP contribution in [0.1, 0.15) is 24.2 Å². The van der Waals surface area contributed by atoms with E-state index >= 15 is 0 Å². The minimum absolute atomic E-state index is 0.105. The van der Waals surface area contributed by atoms with Crippen LogP contribution in [0.15, 0.2) is 48.5 Å². The van der Waals surface area contributed by atoms with Gasteiger partial charge < -0.3 is 14.8 Å². The van der Waals surface area contributed by atoms with Crippen LogP contribution in [0.3, 0.4) is 0 Å². The Balaban J connectivity index is 1.87.